The van der Waals surface area contributed by atoms with Gasteiger partial charge in [-0.15, -0.1) is 0 Å². The smallest absolute Gasteiger partial charge is 0.376 e. The third-order valence-electron chi connectivity index (χ3n) is 2.39. The highest BCUT2D eigenvalue weighted by molar-refractivity contribution is 5.84. The molecule has 0 saturated carbocycles. The van der Waals surface area contributed by atoms with Crippen molar-refractivity contribution < 1.29 is 14.3 Å². The summed E-state index contributed by atoms with van der Waals surface area (Å²) in [4.78, 5) is 24.3. The SMILES string of the molecule is CC(C)CC(=O)OC(=O)N1CCCCC1. The molecule has 0 bridgehead atoms. The van der Waals surface area contributed by atoms with E-state index in [1.807, 2.05) is 13.8 Å². The molecule has 1 rings (SSSR count). The molecule has 0 unspecified atom stereocenters. The highest BCUT2D eigenvalue weighted by Crippen LogP contribution is 2.10. The van der Waals surface area contributed by atoms with Gasteiger partial charge in [0.05, 0.1) is 0 Å². The van der Waals surface area contributed by atoms with Crippen LogP contribution >= 0.6 is 0 Å². The minimum atomic E-state index is -0.472. The average molecular weight is 213 g/mol. The van der Waals surface area contributed by atoms with Gasteiger partial charge in [0.25, 0.3) is 0 Å². The predicted molar refractivity (Wildman–Crippen MR) is 56.4 cm³/mol. The maximum Gasteiger partial charge on any atom is 0.417 e. The van der Waals surface area contributed by atoms with Crippen LogP contribution in [0.3, 0.4) is 0 Å². The lowest BCUT2D eigenvalue weighted by molar-refractivity contribution is -0.139. The molecule has 15 heavy (non-hydrogen) atoms. The number of nitrogens with zero attached hydrogens (tertiary/aromatic N) is 1. The number of esters is 1. The molecule has 0 aromatic heterocycles. The largest absolute Gasteiger partial charge is 0.417 e. The van der Waals surface area contributed by atoms with Gasteiger partial charge in [0.1, 0.15) is 0 Å². The second kappa shape index (κ2) is 5.73. The molecule has 0 aliphatic carbocycles. The Hall–Kier alpha value is -1.06. The van der Waals surface area contributed by atoms with Gasteiger partial charge in [-0.25, -0.2) is 4.79 Å². The fraction of sp³-hybridized carbons (Fsp3) is 0.818. The van der Waals surface area contributed by atoms with Crippen LogP contribution in [0.2, 0.25) is 0 Å². The first kappa shape index (κ1) is 12.0. The Labute approximate surface area is 90.6 Å². The number of hydrogen-bond donors (Lipinski definition) is 0. The standard InChI is InChI=1S/C11H19NO3/c1-9(2)8-10(13)15-11(14)12-6-4-3-5-7-12/h9H,3-8H2,1-2H3. The van der Waals surface area contributed by atoms with Crippen molar-refractivity contribution in [1.29, 1.82) is 0 Å². The summed E-state index contributed by atoms with van der Waals surface area (Å²) < 4.78 is 4.75. The van der Waals surface area contributed by atoms with E-state index < -0.39 is 12.1 Å². The summed E-state index contributed by atoms with van der Waals surface area (Å²) >= 11 is 0. The zero-order chi connectivity index (χ0) is 11.3. The summed E-state index contributed by atoms with van der Waals surface area (Å²) in [5, 5.41) is 0. The van der Waals surface area contributed by atoms with Crippen LogP contribution in [0.5, 0.6) is 0 Å². The first-order valence-electron chi connectivity index (χ1n) is 5.59. The molecule has 1 heterocycles. The Morgan fingerprint density at radius 3 is 2.33 bits per heavy atom. The highest BCUT2D eigenvalue weighted by Gasteiger charge is 2.20. The van der Waals surface area contributed by atoms with Crippen molar-refractivity contribution in [3.8, 4) is 0 Å². The van der Waals surface area contributed by atoms with Crippen LogP contribution in [0.25, 0.3) is 0 Å². The normalized spacial score (nSPS) is 16.6. The van der Waals surface area contributed by atoms with E-state index in [1.165, 1.54) is 0 Å². The molecule has 0 N–H and O–H groups in total. The van der Waals surface area contributed by atoms with Crippen molar-refractivity contribution in [3.05, 3.63) is 0 Å². The molecule has 1 fully saturated rings. The second-order valence-electron chi connectivity index (χ2n) is 4.39. The molecule has 4 heteroatoms. The van der Waals surface area contributed by atoms with Crippen LogP contribution < -0.4 is 0 Å². The quantitative estimate of drug-likeness (QED) is 0.521. The highest BCUT2D eigenvalue weighted by atomic mass is 16.6. The Morgan fingerprint density at radius 2 is 1.80 bits per heavy atom. The van der Waals surface area contributed by atoms with E-state index in [-0.39, 0.29) is 5.92 Å². The van der Waals surface area contributed by atoms with Gasteiger partial charge in [-0.3, -0.25) is 4.79 Å². The van der Waals surface area contributed by atoms with E-state index in [0.717, 1.165) is 19.3 Å². The van der Waals surface area contributed by atoms with Crippen LogP contribution in [0, 0.1) is 5.92 Å². The van der Waals surface area contributed by atoms with E-state index in [0.29, 0.717) is 19.5 Å². The molecular formula is C11H19NO3. The van der Waals surface area contributed by atoms with Crippen molar-refractivity contribution in [2.45, 2.75) is 39.5 Å². The van der Waals surface area contributed by atoms with Crippen molar-refractivity contribution in [3.63, 3.8) is 0 Å². The van der Waals surface area contributed by atoms with E-state index in [1.54, 1.807) is 4.90 Å². The molecule has 0 atom stereocenters. The zero-order valence-corrected chi connectivity index (χ0v) is 9.49. The Kier molecular flexibility index (Phi) is 4.59. The maximum atomic E-state index is 11.5. The Morgan fingerprint density at radius 1 is 1.20 bits per heavy atom. The summed E-state index contributed by atoms with van der Waals surface area (Å²) in [6.45, 7) is 5.28. The molecular weight excluding hydrogens is 194 g/mol. The number of carbonyl (C=O) groups excluding carboxylic acids is 2. The predicted octanol–water partition coefficient (Wildman–Crippen LogP) is 2.18. The number of rotatable bonds is 2. The molecule has 0 spiro atoms. The molecule has 4 nitrogen and oxygen atoms in total. The van der Waals surface area contributed by atoms with E-state index in [4.69, 9.17) is 4.74 Å². The number of ether oxygens (including phenoxy) is 1. The van der Waals surface area contributed by atoms with Crippen molar-refractivity contribution in [2.24, 2.45) is 5.92 Å². The fourth-order valence-electron chi connectivity index (χ4n) is 1.61. The summed E-state index contributed by atoms with van der Waals surface area (Å²) in [6.07, 6.45) is 3.00. The minimum Gasteiger partial charge on any atom is -0.376 e. The van der Waals surface area contributed by atoms with Crippen molar-refractivity contribution >= 4 is 12.1 Å². The third kappa shape index (κ3) is 4.32. The maximum absolute atomic E-state index is 11.5. The summed E-state index contributed by atoms with van der Waals surface area (Å²) in [6, 6.07) is 0. The second-order valence-corrected chi connectivity index (χ2v) is 4.39. The van der Waals surface area contributed by atoms with Crippen LogP contribution in [-0.4, -0.2) is 30.1 Å². The number of piperidine rings is 1. The average Bonchev–Trinajstić information content (AvgIpc) is 2.17. The molecule has 1 amide bonds. The number of amides is 1. The number of carbonyl (C=O) groups is 2. The first-order chi connectivity index (χ1) is 7.09. The van der Waals surface area contributed by atoms with E-state index in [9.17, 15) is 9.59 Å². The first-order valence-corrected chi connectivity index (χ1v) is 5.59. The molecule has 1 aliphatic heterocycles. The van der Waals surface area contributed by atoms with Gasteiger partial charge in [-0.2, -0.15) is 0 Å². The summed E-state index contributed by atoms with van der Waals surface area (Å²) in [7, 11) is 0. The Balaban J connectivity index is 2.30. The van der Waals surface area contributed by atoms with Gasteiger partial charge in [0.15, 0.2) is 0 Å². The topological polar surface area (TPSA) is 46.6 Å². The number of likely N-dealkylation sites (tertiary alicyclic amines) is 1. The van der Waals surface area contributed by atoms with Crippen LogP contribution in [0.4, 0.5) is 4.79 Å². The fourth-order valence-corrected chi connectivity index (χ4v) is 1.61. The molecule has 0 radical (unpaired) electrons. The van der Waals surface area contributed by atoms with Gasteiger partial charge in [-0.1, -0.05) is 13.8 Å². The zero-order valence-electron chi connectivity index (χ0n) is 9.49. The van der Waals surface area contributed by atoms with Gasteiger partial charge >= 0.3 is 12.1 Å². The van der Waals surface area contributed by atoms with Crippen molar-refractivity contribution in [2.75, 3.05) is 13.1 Å². The van der Waals surface area contributed by atoms with E-state index >= 15 is 0 Å². The van der Waals surface area contributed by atoms with Gasteiger partial charge in [0, 0.05) is 19.5 Å². The van der Waals surface area contributed by atoms with E-state index in [2.05, 4.69) is 0 Å². The minimum absolute atomic E-state index is 0.228. The summed E-state index contributed by atoms with van der Waals surface area (Å²) in [5.41, 5.74) is 0. The van der Waals surface area contributed by atoms with Crippen molar-refractivity contribution in [1.82, 2.24) is 4.90 Å². The number of hydrogen-bond acceptors (Lipinski definition) is 3. The van der Waals surface area contributed by atoms with Gasteiger partial charge < -0.3 is 9.64 Å². The molecule has 0 aromatic rings. The lowest BCUT2D eigenvalue weighted by Gasteiger charge is -2.25. The molecule has 86 valence electrons. The summed E-state index contributed by atoms with van der Waals surface area (Å²) in [5.74, 6) is -0.188. The molecule has 1 saturated heterocycles. The van der Waals surface area contributed by atoms with Crippen LogP contribution in [0.1, 0.15) is 39.5 Å². The lowest BCUT2D eigenvalue weighted by Crippen LogP contribution is -2.37. The Bertz CT molecular complexity index is 232. The van der Waals surface area contributed by atoms with Gasteiger partial charge in [0.2, 0.25) is 0 Å². The monoisotopic (exact) mass is 213 g/mol. The van der Waals surface area contributed by atoms with Crippen LogP contribution in [0.15, 0.2) is 0 Å². The third-order valence-corrected chi connectivity index (χ3v) is 2.39. The van der Waals surface area contributed by atoms with Crippen LogP contribution in [-0.2, 0) is 9.53 Å². The molecule has 1 aliphatic rings. The lowest BCUT2D eigenvalue weighted by atomic mass is 10.1. The molecule has 0 aromatic carbocycles. The van der Waals surface area contributed by atoms with Gasteiger partial charge in [-0.05, 0) is 25.2 Å².